The van der Waals surface area contributed by atoms with Gasteiger partial charge in [-0.15, -0.1) is 10.2 Å². The Morgan fingerprint density at radius 2 is 1.49 bits per heavy atom. The van der Waals surface area contributed by atoms with Gasteiger partial charge in [0.25, 0.3) is 0 Å². The number of alkyl halides is 6. The van der Waals surface area contributed by atoms with E-state index < -0.39 is 24.3 Å². The summed E-state index contributed by atoms with van der Waals surface area (Å²) in [5.41, 5.74) is 2.06. The largest absolute Gasteiger partial charge is 0.497 e. The Bertz CT molecular complexity index is 1430. The van der Waals surface area contributed by atoms with Crippen molar-refractivity contribution in [3.05, 3.63) is 65.7 Å². The van der Waals surface area contributed by atoms with Crippen molar-refractivity contribution in [3.63, 3.8) is 0 Å². The lowest BCUT2D eigenvalue weighted by Gasteiger charge is -2.48. The van der Waals surface area contributed by atoms with Gasteiger partial charge in [-0.3, -0.25) is 9.80 Å². The summed E-state index contributed by atoms with van der Waals surface area (Å²) in [6, 6.07) is 15.0. The molecule has 17 heteroatoms. The number of aliphatic carboxylic acids is 2. The van der Waals surface area contributed by atoms with Crippen molar-refractivity contribution in [1.82, 2.24) is 24.6 Å². The summed E-state index contributed by atoms with van der Waals surface area (Å²) in [6.07, 6.45) is -8.14. The zero-order chi connectivity index (χ0) is 33.6. The average molecular weight is 650 g/mol. The molecule has 1 spiro atoms. The molecule has 0 aliphatic carbocycles. The fourth-order valence-corrected chi connectivity index (χ4v) is 5.12. The van der Waals surface area contributed by atoms with Crippen LogP contribution in [-0.4, -0.2) is 92.9 Å². The van der Waals surface area contributed by atoms with Crippen molar-refractivity contribution in [3.8, 4) is 17.1 Å². The standard InChI is InChI=1S/C24H28FN5O.2C2HF3O2/c1-28-16-22-26-27-23(19-6-8-21(31-2)9-7-19)30(22)24(17-28)10-12-29(13-11-24)15-18-4-3-5-20(25)14-18;2*3-2(4,5)1(6)7/h3-9,14H,10-13,15-17H2,1-2H3;2*(H,6,7). The molecule has 1 fully saturated rings. The maximum atomic E-state index is 13.6. The predicted octanol–water partition coefficient (Wildman–Crippen LogP) is 4.80. The molecule has 0 unspecified atom stereocenters. The number of fused-ring (bicyclic) bond motifs is 2. The number of benzene rings is 2. The van der Waals surface area contributed by atoms with Crippen LogP contribution in [0.25, 0.3) is 11.4 Å². The normalized spacial score (nSPS) is 16.5. The van der Waals surface area contributed by atoms with Gasteiger partial charge < -0.3 is 19.5 Å². The Morgan fingerprint density at radius 3 is 1.98 bits per heavy atom. The van der Waals surface area contributed by atoms with E-state index in [1.807, 2.05) is 18.2 Å². The third kappa shape index (κ3) is 9.37. The molecule has 0 saturated carbocycles. The zero-order valence-corrected chi connectivity index (χ0v) is 24.1. The van der Waals surface area contributed by atoms with Crippen LogP contribution in [0.4, 0.5) is 30.7 Å². The second-order valence-corrected chi connectivity index (χ2v) is 10.4. The Labute approximate surface area is 252 Å². The van der Waals surface area contributed by atoms with Gasteiger partial charge in [0.2, 0.25) is 0 Å². The van der Waals surface area contributed by atoms with Crippen molar-refractivity contribution in [1.29, 1.82) is 0 Å². The molecule has 2 aromatic carbocycles. The van der Waals surface area contributed by atoms with E-state index in [-0.39, 0.29) is 11.4 Å². The number of carboxylic acids is 2. The first-order valence-corrected chi connectivity index (χ1v) is 13.3. The van der Waals surface area contributed by atoms with E-state index >= 15 is 0 Å². The lowest BCUT2D eigenvalue weighted by molar-refractivity contribution is -0.193. The van der Waals surface area contributed by atoms with Crippen molar-refractivity contribution < 1.29 is 55.3 Å². The number of methoxy groups -OCH3 is 1. The van der Waals surface area contributed by atoms with Gasteiger partial charge in [-0.05, 0) is 61.9 Å². The molecule has 10 nitrogen and oxygen atoms in total. The number of piperidine rings is 1. The SMILES string of the molecule is COc1ccc(-c2nnc3n2C2(CCN(Cc4cccc(F)c4)CC2)CN(C)C3)cc1.O=C(O)C(F)(F)F.O=C(O)C(F)(F)F. The first-order valence-electron chi connectivity index (χ1n) is 13.3. The number of carbonyl (C=O) groups is 2. The van der Waals surface area contributed by atoms with Gasteiger partial charge in [0.15, 0.2) is 5.82 Å². The molecule has 1 saturated heterocycles. The highest BCUT2D eigenvalue weighted by molar-refractivity contribution is 5.73. The van der Waals surface area contributed by atoms with Crippen molar-refractivity contribution in [2.24, 2.45) is 0 Å². The number of halogens is 7. The minimum absolute atomic E-state index is 0.0282. The van der Waals surface area contributed by atoms with Gasteiger partial charge in [-0.2, -0.15) is 26.3 Å². The lowest BCUT2D eigenvalue weighted by Crippen LogP contribution is -2.55. The van der Waals surface area contributed by atoms with Crippen LogP contribution in [0.5, 0.6) is 5.75 Å². The minimum Gasteiger partial charge on any atom is -0.497 e. The van der Waals surface area contributed by atoms with Crippen LogP contribution < -0.4 is 4.74 Å². The highest BCUT2D eigenvalue weighted by atomic mass is 19.4. The van der Waals surface area contributed by atoms with Crippen LogP contribution in [0.2, 0.25) is 0 Å². The molecule has 3 aromatic rings. The van der Waals surface area contributed by atoms with Crippen molar-refractivity contribution in [2.45, 2.75) is 43.8 Å². The molecule has 246 valence electrons. The van der Waals surface area contributed by atoms with E-state index in [1.54, 1.807) is 19.2 Å². The lowest BCUT2D eigenvalue weighted by atomic mass is 9.84. The van der Waals surface area contributed by atoms with Gasteiger partial charge in [-0.25, -0.2) is 14.0 Å². The first-order chi connectivity index (χ1) is 20.9. The third-order valence-corrected chi connectivity index (χ3v) is 7.10. The number of rotatable bonds is 4. The first kappa shape index (κ1) is 35.2. The molecule has 5 rings (SSSR count). The van der Waals surface area contributed by atoms with Crippen LogP contribution in [0.15, 0.2) is 48.5 Å². The number of likely N-dealkylation sites (N-methyl/N-ethyl adjacent to an activating group) is 1. The molecule has 0 radical (unpaired) electrons. The van der Waals surface area contributed by atoms with E-state index in [0.717, 1.165) is 74.1 Å². The molecule has 2 aliphatic heterocycles. The van der Waals surface area contributed by atoms with E-state index in [1.165, 1.54) is 6.07 Å². The Morgan fingerprint density at radius 1 is 0.933 bits per heavy atom. The molecule has 1 aromatic heterocycles. The van der Waals surface area contributed by atoms with Gasteiger partial charge >= 0.3 is 24.3 Å². The number of ether oxygens (including phenoxy) is 1. The summed E-state index contributed by atoms with van der Waals surface area (Å²) in [7, 11) is 3.84. The maximum Gasteiger partial charge on any atom is 0.490 e. The summed E-state index contributed by atoms with van der Waals surface area (Å²) in [4.78, 5) is 22.6. The molecule has 0 atom stereocenters. The summed E-state index contributed by atoms with van der Waals surface area (Å²) in [5, 5.41) is 23.4. The second-order valence-electron chi connectivity index (χ2n) is 10.4. The summed E-state index contributed by atoms with van der Waals surface area (Å²) in [5.74, 6) is -2.89. The van der Waals surface area contributed by atoms with Gasteiger partial charge in [0.05, 0.1) is 19.2 Å². The number of hydrogen-bond donors (Lipinski definition) is 2. The monoisotopic (exact) mass is 649 g/mol. The van der Waals surface area contributed by atoms with Crippen molar-refractivity contribution in [2.75, 3.05) is 33.8 Å². The van der Waals surface area contributed by atoms with Crippen LogP contribution in [-0.2, 0) is 28.2 Å². The molecule has 3 heterocycles. The summed E-state index contributed by atoms with van der Waals surface area (Å²) < 4.78 is 84.8. The van der Waals surface area contributed by atoms with Gasteiger partial charge in [-0.1, -0.05) is 12.1 Å². The second kappa shape index (κ2) is 14.2. The number of carboxylic acid groups (broad SMARTS) is 2. The van der Waals surface area contributed by atoms with Gasteiger partial charge in [0.1, 0.15) is 17.4 Å². The van der Waals surface area contributed by atoms with E-state index in [9.17, 15) is 30.7 Å². The Balaban J connectivity index is 0.000000331. The summed E-state index contributed by atoms with van der Waals surface area (Å²) >= 11 is 0. The smallest absolute Gasteiger partial charge is 0.490 e. The molecule has 0 amide bonds. The molecule has 0 bridgehead atoms. The summed E-state index contributed by atoms with van der Waals surface area (Å²) in [6.45, 7) is 4.49. The average Bonchev–Trinajstić information content (AvgIpc) is 3.39. The van der Waals surface area contributed by atoms with E-state index in [2.05, 4.69) is 43.7 Å². The van der Waals surface area contributed by atoms with E-state index in [0.29, 0.717) is 0 Å². The van der Waals surface area contributed by atoms with E-state index in [4.69, 9.17) is 24.5 Å². The third-order valence-electron chi connectivity index (χ3n) is 7.10. The Hall–Kier alpha value is -4.25. The quantitative estimate of drug-likeness (QED) is 0.384. The van der Waals surface area contributed by atoms with Crippen molar-refractivity contribution >= 4 is 11.9 Å². The van der Waals surface area contributed by atoms with Crippen LogP contribution >= 0.6 is 0 Å². The number of aromatic nitrogens is 3. The van der Waals surface area contributed by atoms with Gasteiger partial charge in [0, 0.05) is 31.7 Å². The fraction of sp³-hybridized carbons (Fsp3) is 0.429. The van der Waals surface area contributed by atoms with Crippen LogP contribution in [0, 0.1) is 5.82 Å². The maximum absolute atomic E-state index is 13.6. The van der Waals surface area contributed by atoms with Crippen LogP contribution in [0.3, 0.4) is 0 Å². The minimum atomic E-state index is -5.08. The number of nitrogens with zero attached hydrogens (tertiary/aromatic N) is 5. The van der Waals surface area contributed by atoms with Crippen LogP contribution in [0.1, 0.15) is 24.2 Å². The number of likely N-dealkylation sites (tertiary alicyclic amines) is 1. The fourth-order valence-electron chi connectivity index (χ4n) is 5.12. The molecular weight excluding hydrogens is 619 g/mol. The molecular formula is C28H30F7N5O5. The Kier molecular flexibility index (Phi) is 11.1. The predicted molar refractivity (Wildman–Crippen MR) is 145 cm³/mol. The molecule has 2 aliphatic rings. The molecule has 2 N–H and O–H groups in total. The highest BCUT2D eigenvalue weighted by Crippen LogP contribution is 2.39. The zero-order valence-electron chi connectivity index (χ0n) is 24.1. The topological polar surface area (TPSA) is 121 Å². The number of hydrogen-bond acceptors (Lipinski definition) is 7. The molecule has 45 heavy (non-hydrogen) atoms. The highest BCUT2D eigenvalue weighted by Gasteiger charge is 2.43.